The van der Waals surface area contributed by atoms with Crippen molar-refractivity contribution in [2.45, 2.75) is 25.8 Å². The Bertz CT molecular complexity index is 949. The summed E-state index contributed by atoms with van der Waals surface area (Å²) < 4.78 is 15.3. The molecule has 1 atom stereocenters. The van der Waals surface area contributed by atoms with Gasteiger partial charge >= 0.3 is 0 Å². The van der Waals surface area contributed by atoms with Gasteiger partial charge in [-0.05, 0) is 49.0 Å². The molecule has 3 aromatic rings. The normalized spacial score (nSPS) is 16.4. The molecule has 28 heavy (non-hydrogen) atoms. The van der Waals surface area contributed by atoms with Gasteiger partial charge in [0.15, 0.2) is 5.82 Å². The highest BCUT2D eigenvalue weighted by Gasteiger charge is 2.30. The number of rotatable bonds is 6. The zero-order chi connectivity index (χ0) is 19.5. The quantitative estimate of drug-likeness (QED) is 0.691. The minimum atomic E-state index is -0.359. The lowest BCUT2D eigenvalue weighted by Gasteiger charge is -2.26. The van der Waals surface area contributed by atoms with Crippen LogP contribution in [0.4, 0.5) is 4.39 Å². The van der Waals surface area contributed by atoms with E-state index in [1.807, 2.05) is 22.4 Å². The van der Waals surface area contributed by atoms with Crippen molar-refractivity contribution in [3.63, 3.8) is 0 Å². The first-order valence-electron chi connectivity index (χ1n) is 9.46. The molecule has 0 saturated carbocycles. The van der Waals surface area contributed by atoms with Gasteiger partial charge in [-0.25, -0.2) is 14.1 Å². The minimum Gasteiger partial charge on any atom is -0.332 e. The monoisotopic (exact) mass is 399 g/mol. The molecule has 0 aliphatic carbocycles. The Hall–Kier alpha value is -2.58. The predicted octanol–water partition coefficient (Wildman–Crippen LogP) is 3.35. The molecule has 1 N–H and O–H groups in total. The molecule has 1 aliphatic heterocycles. The molecule has 1 unspecified atom stereocenters. The third kappa shape index (κ3) is 3.70. The molecular formula is C20H22FN5OS. The summed E-state index contributed by atoms with van der Waals surface area (Å²) in [6, 6.07) is 10.1. The van der Waals surface area contributed by atoms with E-state index in [2.05, 4.69) is 22.3 Å². The maximum Gasteiger partial charge on any atom is 0.293 e. The Labute approximate surface area is 167 Å². The second-order valence-electron chi connectivity index (χ2n) is 6.77. The molecule has 4 rings (SSSR count). The van der Waals surface area contributed by atoms with Crippen LogP contribution in [0.25, 0.3) is 16.4 Å². The number of hydrogen-bond donors (Lipinski definition) is 1. The summed E-state index contributed by atoms with van der Waals surface area (Å²) in [4.78, 5) is 20.5. The van der Waals surface area contributed by atoms with Crippen LogP contribution >= 0.6 is 11.3 Å². The number of hydrogen-bond acceptors (Lipinski definition) is 5. The molecule has 146 valence electrons. The zero-order valence-electron chi connectivity index (χ0n) is 15.6. The average molecular weight is 399 g/mol. The predicted molar refractivity (Wildman–Crippen MR) is 107 cm³/mol. The van der Waals surface area contributed by atoms with Crippen LogP contribution in [-0.2, 0) is 0 Å². The van der Waals surface area contributed by atoms with Gasteiger partial charge < -0.3 is 10.2 Å². The highest BCUT2D eigenvalue weighted by molar-refractivity contribution is 7.13. The molecule has 0 radical (unpaired) electrons. The lowest BCUT2D eigenvalue weighted by atomic mass is 10.2. The molecule has 2 aromatic heterocycles. The van der Waals surface area contributed by atoms with Crippen molar-refractivity contribution in [2.24, 2.45) is 0 Å². The second-order valence-corrected chi connectivity index (χ2v) is 7.72. The van der Waals surface area contributed by atoms with Gasteiger partial charge in [0.1, 0.15) is 5.82 Å². The van der Waals surface area contributed by atoms with Crippen molar-refractivity contribution in [3.8, 4) is 16.4 Å². The van der Waals surface area contributed by atoms with Crippen LogP contribution in [0, 0.1) is 5.82 Å². The van der Waals surface area contributed by atoms with E-state index in [-0.39, 0.29) is 23.6 Å². The summed E-state index contributed by atoms with van der Waals surface area (Å²) >= 11 is 1.51. The van der Waals surface area contributed by atoms with E-state index >= 15 is 0 Å². The Morgan fingerprint density at radius 3 is 2.96 bits per heavy atom. The number of thiophene rings is 1. The topological polar surface area (TPSA) is 63.1 Å². The SMILES string of the molecule is CCCN(C(=O)c1nc(-c2cccs2)n(-c2cccc(F)c2)n1)C1CCNC1. The first kappa shape index (κ1) is 18.8. The number of nitrogens with zero attached hydrogens (tertiary/aromatic N) is 4. The zero-order valence-corrected chi connectivity index (χ0v) is 16.5. The maximum atomic E-state index is 13.8. The number of carbonyl (C=O) groups is 1. The third-order valence-electron chi connectivity index (χ3n) is 4.79. The van der Waals surface area contributed by atoms with E-state index in [1.54, 1.807) is 16.8 Å². The van der Waals surface area contributed by atoms with Crippen LogP contribution < -0.4 is 5.32 Å². The van der Waals surface area contributed by atoms with Crippen molar-refractivity contribution in [2.75, 3.05) is 19.6 Å². The first-order chi connectivity index (χ1) is 13.7. The molecule has 0 spiro atoms. The molecule has 8 heteroatoms. The van der Waals surface area contributed by atoms with E-state index in [1.165, 1.54) is 23.5 Å². The summed E-state index contributed by atoms with van der Waals surface area (Å²) in [5.41, 5.74) is 0.541. The molecular weight excluding hydrogens is 377 g/mol. The summed E-state index contributed by atoms with van der Waals surface area (Å²) in [6.45, 7) is 4.41. The molecule has 1 saturated heterocycles. The molecule has 1 fully saturated rings. The van der Waals surface area contributed by atoms with Crippen molar-refractivity contribution in [3.05, 3.63) is 53.4 Å². The smallest absolute Gasteiger partial charge is 0.293 e. The Morgan fingerprint density at radius 2 is 2.29 bits per heavy atom. The molecule has 1 amide bonds. The molecule has 3 heterocycles. The highest BCUT2D eigenvalue weighted by atomic mass is 32.1. The van der Waals surface area contributed by atoms with Crippen molar-refractivity contribution < 1.29 is 9.18 Å². The lowest BCUT2D eigenvalue weighted by molar-refractivity contribution is 0.0679. The summed E-state index contributed by atoms with van der Waals surface area (Å²) in [5.74, 6) is 0.157. The van der Waals surface area contributed by atoms with E-state index in [0.29, 0.717) is 18.1 Å². The van der Waals surface area contributed by atoms with Crippen LogP contribution in [0.1, 0.15) is 30.4 Å². The first-order valence-corrected chi connectivity index (χ1v) is 10.3. The van der Waals surface area contributed by atoms with Crippen molar-refractivity contribution >= 4 is 17.2 Å². The van der Waals surface area contributed by atoms with E-state index in [4.69, 9.17) is 0 Å². The van der Waals surface area contributed by atoms with Gasteiger partial charge in [0.05, 0.1) is 10.6 Å². The largest absolute Gasteiger partial charge is 0.332 e. The summed E-state index contributed by atoms with van der Waals surface area (Å²) in [6.07, 6.45) is 1.79. The minimum absolute atomic E-state index is 0.146. The van der Waals surface area contributed by atoms with E-state index in [0.717, 1.165) is 30.8 Å². The number of carbonyl (C=O) groups excluding carboxylic acids is 1. The maximum absolute atomic E-state index is 13.8. The standard InChI is InChI=1S/C20H22FN5OS/c1-2-10-25(16-8-9-22-13-16)20(27)18-23-19(17-7-4-11-28-17)26(24-18)15-6-3-5-14(21)12-15/h3-7,11-12,16,22H,2,8-10,13H2,1H3. The Balaban J connectivity index is 1.75. The Morgan fingerprint density at radius 1 is 1.39 bits per heavy atom. The summed E-state index contributed by atoms with van der Waals surface area (Å²) in [5, 5.41) is 9.73. The fourth-order valence-corrected chi connectivity index (χ4v) is 4.18. The number of benzene rings is 1. The number of nitrogens with one attached hydrogen (secondary N) is 1. The number of amides is 1. The number of halogens is 1. The fourth-order valence-electron chi connectivity index (χ4n) is 3.48. The van der Waals surface area contributed by atoms with E-state index < -0.39 is 0 Å². The van der Waals surface area contributed by atoms with Crippen molar-refractivity contribution in [1.29, 1.82) is 0 Å². The van der Waals surface area contributed by atoms with Crippen LogP contribution in [0.15, 0.2) is 41.8 Å². The van der Waals surface area contributed by atoms with Gasteiger partial charge in [0, 0.05) is 19.1 Å². The van der Waals surface area contributed by atoms with Gasteiger partial charge in [0.25, 0.3) is 5.91 Å². The van der Waals surface area contributed by atoms with Gasteiger partial charge in [-0.2, -0.15) is 0 Å². The van der Waals surface area contributed by atoms with Gasteiger partial charge in [-0.1, -0.05) is 19.1 Å². The van der Waals surface area contributed by atoms with Crippen LogP contribution in [-0.4, -0.2) is 51.2 Å². The number of aromatic nitrogens is 3. The molecule has 6 nitrogen and oxygen atoms in total. The molecule has 1 aromatic carbocycles. The average Bonchev–Trinajstić information content (AvgIpc) is 3.46. The van der Waals surface area contributed by atoms with E-state index in [9.17, 15) is 9.18 Å². The van der Waals surface area contributed by atoms with Crippen LogP contribution in [0.3, 0.4) is 0 Å². The lowest BCUT2D eigenvalue weighted by Crippen LogP contribution is -2.42. The van der Waals surface area contributed by atoms with Gasteiger partial charge in [-0.15, -0.1) is 16.4 Å². The molecule has 1 aliphatic rings. The molecule has 0 bridgehead atoms. The van der Waals surface area contributed by atoms with Crippen LogP contribution in [0.2, 0.25) is 0 Å². The second kappa shape index (κ2) is 8.20. The highest BCUT2D eigenvalue weighted by Crippen LogP contribution is 2.26. The Kier molecular flexibility index (Phi) is 5.50. The van der Waals surface area contributed by atoms with Crippen molar-refractivity contribution in [1.82, 2.24) is 25.0 Å². The third-order valence-corrected chi connectivity index (χ3v) is 5.66. The fraction of sp³-hybridized carbons (Fsp3) is 0.350. The summed E-state index contributed by atoms with van der Waals surface area (Å²) in [7, 11) is 0. The van der Waals surface area contributed by atoms with Gasteiger partial charge in [0.2, 0.25) is 5.82 Å². The van der Waals surface area contributed by atoms with Crippen LogP contribution in [0.5, 0.6) is 0 Å². The van der Waals surface area contributed by atoms with Gasteiger partial charge in [-0.3, -0.25) is 4.79 Å².